The van der Waals surface area contributed by atoms with Gasteiger partial charge in [0.2, 0.25) is 11.8 Å². The molecule has 10 heteroatoms. The Bertz CT molecular complexity index is 1480. The van der Waals surface area contributed by atoms with Gasteiger partial charge in [0.05, 0.1) is 44.4 Å². The highest BCUT2D eigenvalue weighted by atomic mass is 16.5. The number of methoxy groups -OCH3 is 2. The number of carbonyl (C=O) groups excluding carboxylic acids is 4. The van der Waals surface area contributed by atoms with Crippen molar-refractivity contribution in [3.05, 3.63) is 82.9 Å². The van der Waals surface area contributed by atoms with E-state index in [2.05, 4.69) is 0 Å². The standard InChI is InChI=1S/C31H30N2O8/c1-19-16-20(25-18-27(34)32(29(25)35)12-14-40-23-8-4-21(38-2)5-9-23)17-26-28(19)31(37)33(30(26)36)13-15-41-24-10-6-22(39-3)7-11-24/h4-11,16-17,25H,12-15,18H2,1-3H3/t25-/m0/s1. The monoisotopic (exact) mass is 558 g/mol. The van der Waals surface area contributed by atoms with Crippen LogP contribution in [0, 0.1) is 6.92 Å². The van der Waals surface area contributed by atoms with E-state index in [4.69, 9.17) is 18.9 Å². The number of fused-ring (bicyclic) bond motifs is 1. The van der Waals surface area contributed by atoms with Gasteiger partial charge in [0, 0.05) is 6.42 Å². The molecule has 4 amide bonds. The van der Waals surface area contributed by atoms with Crippen LogP contribution in [-0.2, 0) is 9.59 Å². The van der Waals surface area contributed by atoms with Gasteiger partial charge in [-0.1, -0.05) is 6.07 Å². The van der Waals surface area contributed by atoms with Crippen molar-refractivity contribution in [2.24, 2.45) is 0 Å². The molecule has 0 saturated carbocycles. The molecule has 0 N–H and O–H groups in total. The summed E-state index contributed by atoms with van der Waals surface area (Å²) in [6.07, 6.45) is -0.0127. The van der Waals surface area contributed by atoms with E-state index in [-0.39, 0.29) is 50.1 Å². The van der Waals surface area contributed by atoms with Gasteiger partial charge >= 0.3 is 0 Å². The molecule has 0 spiro atoms. The normalized spacial score (nSPS) is 16.3. The number of hydrogen-bond acceptors (Lipinski definition) is 8. The Balaban J connectivity index is 1.22. The molecule has 10 nitrogen and oxygen atoms in total. The fourth-order valence-corrected chi connectivity index (χ4v) is 5.08. The molecular weight excluding hydrogens is 528 g/mol. The van der Waals surface area contributed by atoms with Crippen molar-refractivity contribution in [1.29, 1.82) is 0 Å². The van der Waals surface area contributed by atoms with E-state index in [0.29, 0.717) is 39.7 Å². The Morgan fingerprint density at radius 3 is 1.76 bits per heavy atom. The van der Waals surface area contributed by atoms with Gasteiger partial charge in [-0.2, -0.15) is 0 Å². The van der Waals surface area contributed by atoms with Crippen LogP contribution in [0.25, 0.3) is 0 Å². The Hall–Kier alpha value is -4.86. The highest BCUT2D eigenvalue weighted by molar-refractivity contribution is 6.22. The van der Waals surface area contributed by atoms with Crippen molar-refractivity contribution in [2.45, 2.75) is 19.3 Å². The summed E-state index contributed by atoms with van der Waals surface area (Å²) in [5.41, 5.74) is 1.66. The molecule has 5 rings (SSSR count). The first-order chi connectivity index (χ1) is 19.8. The molecule has 1 saturated heterocycles. The summed E-state index contributed by atoms with van der Waals surface area (Å²) in [7, 11) is 3.14. The van der Waals surface area contributed by atoms with Gasteiger partial charge in [0.1, 0.15) is 36.2 Å². The number of ether oxygens (including phenoxy) is 4. The van der Waals surface area contributed by atoms with Crippen molar-refractivity contribution in [3.8, 4) is 23.0 Å². The van der Waals surface area contributed by atoms with E-state index in [9.17, 15) is 19.2 Å². The third-order valence-corrected chi connectivity index (χ3v) is 7.22. The van der Waals surface area contributed by atoms with Crippen LogP contribution in [-0.4, -0.2) is 74.0 Å². The summed E-state index contributed by atoms with van der Waals surface area (Å²) in [5.74, 6) is 0.319. The zero-order chi connectivity index (χ0) is 29.1. The molecule has 3 aromatic carbocycles. The van der Waals surface area contributed by atoms with Gasteiger partial charge in [-0.15, -0.1) is 0 Å². The fourth-order valence-electron chi connectivity index (χ4n) is 5.08. The number of benzene rings is 3. The molecule has 0 bridgehead atoms. The molecule has 2 heterocycles. The Labute approximate surface area is 237 Å². The molecule has 2 aliphatic rings. The maximum Gasteiger partial charge on any atom is 0.261 e. The Kier molecular flexibility index (Phi) is 7.91. The van der Waals surface area contributed by atoms with Gasteiger partial charge in [-0.3, -0.25) is 29.0 Å². The number of nitrogens with zero attached hydrogens (tertiary/aromatic N) is 2. The Morgan fingerprint density at radius 1 is 0.707 bits per heavy atom. The predicted molar refractivity (Wildman–Crippen MR) is 148 cm³/mol. The van der Waals surface area contributed by atoms with Gasteiger partial charge in [-0.05, 0) is 72.6 Å². The maximum atomic E-state index is 13.2. The van der Waals surface area contributed by atoms with Crippen LogP contribution in [0.3, 0.4) is 0 Å². The number of imide groups is 2. The summed E-state index contributed by atoms with van der Waals surface area (Å²) < 4.78 is 21.6. The number of carbonyl (C=O) groups is 4. The van der Waals surface area contributed by atoms with Crippen LogP contribution in [0.15, 0.2) is 60.7 Å². The quantitative estimate of drug-likeness (QED) is 0.328. The zero-order valence-electron chi connectivity index (χ0n) is 23.0. The van der Waals surface area contributed by atoms with Gasteiger partial charge in [-0.25, -0.2) is 0 Å². The average molecular weight is 559 g/mol. The lowest BCUT2D eigenvalue weighted by atomic mass is 9.91. The predicted octanol–water partition coefficient (Wildman–Crippen LogP) is 3.61. The molecule has 0 aliphatic carbocycles. The topological polar surface area (TPSA) is 112 Å². The first kappa shape index (κ1) is 27.7. The fraction of sp³-hybridized carbons (Fsp3) is 0.290. The van der Waals surface area contributed by atoms with E-state index in [0.717, 1.165) is 4.90 Å². The van der Waals surface area contributed by atoms with Gasteiger partial charge in [0.15, 0.2) is 0 Å². The van der Waals surface area contributed by atoms with Crippen LogP contribution in [0.5, 0.6) is 23.0 Å². The van der Waals surface area contributed by atoms with Crippen molar-refractivity contribution in [3.63, 3.8) is 0 Å². The third kappa shape index (κ3) is 5.58. The molecule has 41 heavy (non-hydrogen) atoms. The second-order valence-corrected chi connectivity index (χ2v) is 9.71. The largest absolute Gasteiger partial charge is 0.497 e. The lowest BCUT2D eigenvalue weighted by molar-refractivity contribution is -0.139. The first-order valence-electron chi connectivity index (χ1n) is 13.2. The lowest BCUT2D eigenvalue weighted by Gasteiger charge is -2.16. The minimum Gasteiger partial charge on any atom is -0.497 e. The van der Waals surface area contributed by atoms with E-state index < -0.39 is 17.7 Å². The van der Waals surface area contributed by atoms with Crippen molar-refractivity contribution < 1.29 is 38.1 Å². The molecule has 212 valence electrons. The highest BCUT2D eigenvalue weighted by Gasteiger charge is 2.42. The van der Waals surface area contributed by atoms with Crippen LogP contribution in [0.1, 0.15) is 44.2 Å². The third-order valence-electron chi connectivity index (χ3n) is 7.22. The smallest absolute Gasteiger partial charge is 0.261 e. The summed E-state index contributed by atoms with van der Waals surface area (Å²) in [6.45, 7) is 2.15. The van der Waals surface area contributed by atoms with E-state index in [1.165, 1.54) is 4.90 Å². The second kappa shape index (κ2) is 11.7. The number of amides is 4. The average Bonchev–Trinajstić information content (AvgIpc) is 3.40. The minimum atomic E-state index is -0.733. The number of likely N-dealkylation sites (tertiary alicyclic amines) is 1. The van der Waals surface area contributed by atoms with Crippen LogP contribution in [0.2, 0.25) is 0 Å². The lowest BCUT2D eigenvalue weighted by Crippen LogP contribution is -2.34. The number of rotatable bonds is 11. The molecule has 3 aromatic rings. The molecule has 0 unspecified atom stereocenters. The zero-order valence-corrected chi connectivity index (χ0v) is 23.0. The van der Waals surface area contributed by atoms with Crippen LogP contribution >= 0.6 is 0 Å². The molecule has 0 aromatic heterocycles. The van der Waals surface area contributed by atoms with Gasteiger partial charge in [0.25, 0.3) is 11.8 Å². The summed E-state index contributed by atoms with van der Waals surface area (Å²) in [6, 6.07) is 17.3. The summed E-state index contributed by atoms with van der Waals surface area (Å²) in [5, 5.41) is 0. The minimum absolute atomic E-state index is 0.0127. The number of hydrogen-bond donors (Lipinski definition) is 0. The Morgan fingerprint density at radius 2 is 1.22 bits per heavy atom. The van der Waals surface area contributed by atoms with Crippen LogP contribution < -0.4 is 18.9 Å². The number of aryl methyl sites for hydroxylation is 1. The molecule has 2 aliphatic heterocycles. The molecule has 1 atom stereocenters. The molecule has 0 radical (unpaired) electrons. The maximum absolute atomic E-state index is 13.2. The summed E-state index contributed by atoms with van der Waals surface area (Å²) >= 11 is 0. The van der Waals surface area contributed by atoms with Gasteiger partial charge < -0.3 is 18.9 Å². The molecular formula is C31H30N2O8. The van der Waals surface area contributed by atoms with Crippen molar-refractivity contribution in [2.75, 3.05) is 40.5 Å². The van der Waals surface area contributed by atoms with Crippen molar-refractivity contribution >= 4 is 23.6 Å². The highest BCUT2D eigenvalue weighted by Crippen LogP contribution is 2.35. The van der Waals surface area contributed by atoms with Crippen LogP contribution in [0.4, 0.5) is 0 Å². The SMILES string of the molecule is COc1ccc(OCCN2C(=O)c3cc([C@@H]4CC(=O)N(CCOc5ccc(OC)cc5)C4=O)cc(C)c3C2=O)cc1. The first-order valence-corrected chi connectivity index (χ1v) is 13.2. The second-order valence-electron chi connectivity index (χ2n) is 9.71. The van der Waals surface area contributed by atoms with E-state index >= 15 is 0 Å². The summed E-state index contributed by atoms with van der Waals surface area (Å²) in [4.78, 5) is 54.6. The van der Waals surface area contributed by atoms with E-state index in [1.54, 1.807) is 81.8 Å². The van der Waals surface area contributed by atoms with E-state index in [1.807, 2.05) is 0 Å². The molecule has 1 fully saturated rings. The van der Waals surface area contributed by atoms with Crippen molar-refractivity contribution in [1.82, 2.24) is 9.80 Å².